The molecule has 2 N–H and O–H groups in total. The molecule has 2 amide bonds. The Morgan fingerprint density at radius 1 is 1.11 bits per heavy atom. The Balaban J connectivity index is 1.14. The first kappa shape index (κ1) is 42.8. The fraction of sp³-hybridized carbons (Fsp3) is 0.587. The number of hydrogen-bond donors (Lipinski definition) is 2. The molecule has 0 spiro atoms. The average molecular weight is 873 g/mol. The van der Waals surface area contributed by atoms with Crippen molar-refractivity contribution in [3.8, 4) is 22.5 Å². The van der Waals surface area contributed by atoms with E-state index in [9.17, 15) is 23.2 Å². The van der Waals surface area contributed by atoms with Crippen LogP contribution in [0, 0.1) is 17.3 Å². The van der Waals surface area contributed by atoms with Gasteiger partial charge in [0.05, 0.1) is 46.7 Å². The summed E-state index contributed by atoms with van der Waals surface area (Å²) < 4.78 is 41.4. The molecular formula is C46H58F2N8O5S. The van der Waals surface area contributed by atoms with Crippen LogP contribution in [0.2, 0.25) is 0 Å². The fourth-order valence-corrected chi connectivity index (χ4v) is 10.5. The van der Waals surface area contributed by atoms with E-state index in [1.165, 1.54) is 29.2 Å². The number of esters is 1. The lowest BCUT2D eigenvalue weighted by Crippen LogP contribution is -2.60. The number of halogens is 2. The van der Waals surface area contributed by atoms with Crippen LogP contribution in [0.5, 0.6) is 0 Å². The van der Waals surface area contributed by atoms with E-state index in [0.717, 1.165) is 82.6 Å². The number of hydrogen-bond acceptors (Lipinski definition) is 11. The fourth-order valence-electron chi connectivity index (χ4n) is 9.63. The van der Waals surface area contributed by atoms with Gasteiger partial charge in [0.1, 0.15) is 12.1 Å². The highest BCUT2D eigenvalue weighted by molar-refractivity contribution is 7.10. The Bertz CT molecular complexity index is 2340. The molecule has 4 fully saturated rings. The van der Waals surface area contributed by atoms with Crippen LogP contribution < -0.4 is 15.6 Å². The second kappa shape index (κ2) is 17.2. The molecule has 2 saturated carbocycles. The third kappa shape index (κ3) is 8.59. The van der Waals surface area contributed by atoms with E-state index < -0.39 is 53.5 Å². The lowest BCUT2D eigenvalue weighted by atomic mass is 9.84. The Labute approximate surface area is 365 Å². The van der Waals surface area contributed by atoms with Crippen molar-refractivity contribution >= 4 is 45.7 Å². The second-order valence-electron chi connectivity index (χ2n) is 18.6. The van der Waals surface area contributed by atoms with E-state index in [1.807, 2.05) is 18.5 Å². The number of piperazine rings is 1. The van der Waals surface area contributed by atoms with Crippen LogP contribution in [0.3, 0.4) is 0 Å². The highest BCUT2D eigenvalue weighted by Gasteiger charge is 2.50. The van der Waals surface area contributed by atoms with Gasteiger partial charge < -0.3 is 24.3 Å². The molecule has 3 aliphatic heterocycles. The van der Waals surface area contributed by atoms with Gasteiger partial charge in [-0.3, -0.25) is 29.3 Å². The summed E-state index contributed by atoms with van der Waals surface area (Å²) in [5.74, 6) is -3.36. The molecule has 13 nitrogen and oxygen atoms in total. The number of ether oxygens (including phenoxy) is 2. The van der Waals surface area contributed by atoms with Crippen molar-refractivity contribution in [2.75, 3.05) is 51.3 Å². The van der Waals surface area contributed by atoms with Gasteiger partial charge in [-0.15, -0.1) is 11.3 Å². The van der Waals surface area contributed by atoms with Crippen LogP contribution in [0.4, 0.5) is 14.5 Å². The van der Waals surface area contributed by atoms with Crippen molar-refractivity contribution in [3.05, 3.63) is 52.1 Å². The van der Waals surface area contributed by atoms with Crippen LogP contribution in [0.1, 0.15) is 82.2 Å². The number of amides is 2. The number of anilines is 1. The molecule has 2 aliphatic carbocycles. The number of aryl methyl sites for hydroxylation is 1. The van der Waals surface area contributed by atoms with Crippen molar-refractivity contribution < 1.29 is 32.6 Å². The summed E-state index contributed by atoms with van der Waals surface area (Å²) in [7, 11) is 1.71. The van der Waals surface area contributed by atoms with E-state index in [1.54, 1.807) is 7.11 Å². The predicted octanol–water partition coefficient (Wildman–Crippen LogP) is 6.39. The normalized spacial score (nSPS) is 25.2. The molecule has 9 rings (SSSR count). The first-order valence-electron chi connectivity index (χ1n) is 22.3. The summed E-state index contributed by atoms with van der Waals surface area (Å²) in [6.45, 7) is 13.5. The molecule has 16 heteroatoms. The van der Waals surface area contributed by atoms with Gasteiger partial charge in [0.15, 0.2) is 0 Å². The number of methoxy groups -OCH3 is 1. The number of benzene rings is 1. The number of cyclic esters (lactones) is 1. The Hall–Kier alpha value is -4.51. The molecule has 5 aliphatic rings. The Kier molecular flexibility index (Phi) is 11.9. The van der Waals surface area contributed by atoms with Crippen molar-refractivity contribution in [2.24, 2.45) is 17.3 Å². The second-order valence-corrected chi connectivity index (χ2v) is 19.5. The van der Waals surface area contributed by atoms with Gasteiger partial charge >= 0.3 is 5.97 Å². The van der Waals surface area contributed by atoms with Crippen LogP contribution in [0.25, 0.3) is 33.4 Å². The van der Waals surface area contributed by atoms with Crippen LogP contribution >= 0.6 is 11.3 Å². The number of carbonyl (C=O) groups excluding carboxylic acids is 3. The molecule has 62 heavy (non-hydrogen) atoms. The summed E-state index contributed by atoms with van der Waals surface area (Å²) in [5, 5.41) is 7.78. The monoisotopic (exact) mass is 872 g/mol. The van der Waals surface area contributed by atoms with E-state index in [-0.39, 0.29) is 25.6 Å². The van der Waals surface area contributed by atoms with Crippen LogP contribution in [-0.2, 0) is 43.2 Å². The zero-order valence-corrected chi connectivity index (χ0v) is 37.1. The summed E-state index contributed by atoms with van der Waals surface area (Å²) in [6.07, 6.45) is 3.42. The summed E-state index contributed by atoms with van der Waals surface area (Å²) in [4.78, 5) is 56.4. The van der Waals surface area contributed by atoms with Gasteiger partial charge in [-0.2, -0.15) is 0 Å². The number of pyridine rings is 1. The van der Waals surface area contributed by atoms with E-state index in [4.69, 9.17) is 19.4 Å². The zero-order valence-electron chi connectivity index (χ0n) is 36.3. The molecule has 4 aromatic rings. The summed E-state index contributed by atoms with van der Waals surface area (Å²) in [6, 6.07) is 7.56. The minimum Gasteiger partial charge on any atom is -0.464 e. The number of rotatable bonds is 9. The minimum atomic E-state index is -2.60. The number of aromatic nitrogens is 3. The van der Waals surface area contributed by atoms with E-state index in [0.29, 0.717) is 37.4 Å². The lowest BCUT2D eigenvalue weighted by molar-refractivity contribution is -0.155. The van der Waals surface area contributed by atoms with E-state index in [2.05, 4.69) is 70.1 Å². The van der Waals surface area contributed by atoms with Crippen molar-refractivity contribution in [2.45, 2.75) is 110 Å². The van der Waals surface area contributed by atoms with Crippen LogP contribution in [-0.4, -0.2) is 113 Å². The number of alkyl halides is 2. The standard InChI is InChI=1S/C46H58F2N8O5S/c1-6-55-38-12-9-27-18-30(38)34(41(55)33-19-29(23-49-40(33)26(2)60-5)54-16-14-53(15-17-54)28-10-11-28)22-46(3,4)25-61-45(59)35-8-7-13-56(52-35)44(58)36(21-39-50-37(27)24-62-39)51-43(57)32-20-31(32)42(47)48/h9,12,18-19,23-24,26,28,31-32,35-36,42,52H,6-8,10-11,13-17,20-22,25H2,1-5H3,(H,51,57)/t26-,31?,32-,35-,36-/m0/s1. The first-order chi connectivity index (χ1) is 29.8. The van der Waals surface area contributed by atoms with Gasteiger partial charge in [0.2, 0.25) is 12.3 Å². The first-order valence-corrected chi connectivity index (χ1v) is 23.1. The van der Waals surface area contributed by atoms with Gasteiger partial charge in [0, 0.05) is 104 Å². The molecule has 2 saturated heterocycles. The van der Waals surface area contributed by atoms with E-state index >= 15 is 0 Å². The SMILES string of the molecule is CCn1c(-c2cc(N3CCN(C4CC4)CC3)cnc2[C@H](C)OC)c2c3cc(ccc31)-c1csc(n1)C[C@H](NC(=O)[C@H]1CC1C(F)F)C(=O)N1CCC[C@H](N1)C(=O)OCC(C)(C)C2. The number of nitrogens with zero attached hydrogens (tertiary/aromatic N) is 6. The Morgan fingerprint density at radius 2 is 1.90 bits per heavy atom. The number of nitrogens with one attached hydrogen (secondary N) is 2. The number of fused-ring (bicyclic) bond motifs is 6. The third-order valence-corrected chi connectivity index (χ3v) is 14.3. The molecular weight excluding hydrogens is 815 g/mol. The molecule has 0 radical (unpaired) electrons. The van der Waals surface area contributed by atoms with Gasteiger partial charge in [-0.05, 0) is 76.1 Å². The largest absolute Gasteiger partial charge is 0.464 e. The quantitative estimate of drug-likeness (QED) is 0.183. The van der Waals surface area contributed by atoms with Gasteiger partial charge in [0.25, 0.3) is 5.91 Å². The summed E-state index contributed by atoms with van der Waals surface area (Å²) in [5.41, 5.74) is 10.4. The van der Waals surface area contributed by atoms with Crippen LogP contribution in [0.15, 0.2) is 35.8 Å². The minimum absolute atomic E-state index is 0.0616. The zero-order chi connectivity index (χ0) is 43.4. The van der Waals surface area contributed by atoms with Crippen molar-refractivity contribution in [1.29, 1.82) is 0 Å². The maximum absolute atomic E-state index is 14.1. The molecule has 3 aromatic heterocycles. The molecule has 332 valence electrons. The summed E-state index contributed by atoms with van der Waals surface area (Å²) >= 11 is 1.38. The van der Waals surface area contributed by atoms with Gasteiger partial charge in [-0.1, -0.05) is 19.9 Å². The number of carbonyl (C=O) groups is 3. The number of hydrazine groups is 1. The lowest BCUT2D eigenvalue weighted by Gasteiger charge is -2.36. The molecule has 1 aromatic carbocycles. The highest BCUT2D eigenvalue weighted by atomic mass is 32.1. The average Bonchev–Trinajstić information content (AvgIpc) is 4.22. The molecule has 6 heterocycles. The number of thiazole rings is 1. The van der Waals surface area contributed by atoms with Gasteiger partial charge in [-0.25, -0.2) is 19.2 Å². The van der Waals surface area contributed by atoms with Crippen molar-refractivity contribution in [3.63, 3.8) is 0 Å². The molecule has 5 atom stereocenters. The maximum atomic E-state index is 14.1. The highest BCUT2D eigenvalue weighted by Crippen LogP contribution is 2.45. The van der Waals surface area contributed by atoms with Crippen molar-refractivity contribution in [1.82, 2.24) is 35.2 Å². The molecule has 6 bridgehead atoms. The third-order valence-electron chi connectivity index (χ3n) is 13.5. The molecule has 1 unspecified atom stereocenters. The Morgan fingerprint density at radius 3 is 2.61 bits per heavy atom. The topological polar surface area (TPSA) is 134 Å². The maximum Gasteiger partial charge on any atom is 0.324 e. The smallest absolute Gasteiger partial charge is 0.324 e. The predicted molar refractivity (Wildman–Crippen MR) is 234 cm³/mol.